The second-order valence-electron chi connectivity index (χ2n) is 6.65. The Balaban J connectivity index is 2.20. The molecule has 30 heavy (non-hydrogen) atoms. The summed E-state index contributed by atoms with van der Waals surface area (Å²) in [6.45, 7) is 4.18. The van der Waals surface area contributed by atoms with Crippen molar-refractivity contribution < 1.29 is 17.2 Å². The third kappa shape index (κ3) is 4.11. The van der Waals surface area contributed by atoms with Crippen molar-refractivity contribution in [2.24, 2.45) is 7.05 Å². The monoisotopic (exact) mass is 437 g/mol. The van der Waals surface area contributed by atoms with Gasteiger partial charge in [-0.25, -0.2) is 27.2 Å². The minimum Gasteiger partial charge on any atom is -0.370 e. The molecule has 0 aromatic carbocycles. The Labute approximate surface area is 172 Å². The number of pyridine rings is 3. The molecule has 8 nitrogen and oxygen atoms in total. The Hall–Kier alpha value is -3.08. The van der Waals surface area contributed by atoms with Gasteiger partial charge in [-0.15, -0.1) is 0 Å². The molecule has 0 aliphatic carbocycles. The van der Waals surface area contributed by atoms with Crippen LogP contribution in [0.1, 0.15) is 20.3 Å². The lowest BCUT2D eigenvalue weighted by molar-refractivity contribution is 0.579. The van der Waals surface area contributed by atoms with Crippen LogP contribution in [0.5, 0.6) is 0 Å². The molecule has 0 fully saturated rings. The van der Waals surface area contributed by atoms with E-state index in [0.717, 1.165) is 0 Å². The van der Waals surface area contributed by atoms with Crippen LogP contribution in [0, 0.1) is 11.6 Å². The topological polar surface area (TPSA) is 106 Å². The third-order valence-corrected chi connectivity index (χ3v) is 5.88. The SMILES string of the molecule is CCCS(=O)(=O)Nc1ncc(F)c(-c2cc3cnc(NCC)cc3n(C)c2=O)c1F. The normalized spacial score (nSPS) is 11.6. The molecule has 160 valence electrons. The van der Waals surface area contributed by atoms with Crippen LogP contribution in [-0.2, 0) is 17.1 Å². The number of nitrogens with zero attached hydrogens (tertiary/aromatic N) is 3. The molecule has 0 aliphatic rings. The van der Waals surface area contributed by atoms with Gasteiger partial charge in [-0.2, -0.15) is 0 Å². The van der Waals surface area contributed by atoms with Crippen molar-refractivity contribution >= 4 is 32.6 Å². The first-order chi connectivity index (χ1) is 14.2. The molecule has 0 unspecified atom stereocenters. The van der Waals surface area contributed by atoms with E-state index in [1.54, 1.807) is 13.0 Å². The first-order valence-corrected chi connectivity index (χ1v) is 10.9. The van der Waals surface area contributed by atoms with Gasteiger partial charge in [0.05, 0.1) is 28.6 Å². The van der Waals surface area contributed by atoms with Gasteiger partial charge in [-0.3, -0.25) is 9.52 Å². The van der Waals surface area contributed by atoms with Crippen molar-refractivity contribution in [3.8, 4) is 11.1 Å². The van der Waals surface area contributed by atoms with Gasteiger partial charge < -0.3 is 9.88 Å². The lowest BCUT2D eigenvalue weighted by Gasteiger charge is -2.13. The van der Waals surface area contributed by atoms with E-state index >= 15 is 4.39 Å². The smallest absolute Gasteiger partial charge is 0.258 e. The molecule has 0 saturated heterocycles. The van der Waals surface area contributed by atoms with E-state index in [-0.39, 0.29) is 11.3 Å². The number of hydrogen-bond donors (Lipinski definition) is 2. The van der Waals surface area contributed by atoms with Crippen molar-refractivity contribution in [1.82, 2.24) is 14.5 Å². The predicted molar refractivity (Wildman–Crippen MR) is 112 cm³/mol. The van der Waals surface area contributed by atoms with Crippen molar-refractivity contribution in [3.63, 3.8) is 0 Å². The summed E-state index contributed by atoms with van der Waals surface area (Å²) in [6.07, 6.45) is 2.47. The highest BCUT2D eigenvalue weighted by molar-refractivity contribution is 7.92. The number of aromatic nitrogens is 3. The highest BCUT2D eigenvalue weighted by Gasteiger charge is 2.23. The molecule has 2 N–H and O–H groups in total. The second kappa shape index (κ2) is 8.34. The molecule has 11 heteroatoms. The zero-order chi connectivity index (χ0) is 22.1. The fourth-order valence-corrected chi connectivity index (χ4v) is 4.15. The molecule has 0 bridgehead atoms. The first-order valence-electron chi connectivity index (χ1n) is 9.27. The summed E-state index contributed by atoms with van der Waals surface area (Å²) in [6, 6.07) is 2.99. The lowest BCUT2D eigenvalue weighted by atomic mass is 10.1. The van der Waals surface area contributed by atoms with Crippen molar-refractivity contribution in [2.45, 2.75) is 20.3 Å². The van der Waals surface area contributed by atoms with E-state index in [2.05, 4.69) is 15.3 Å². The highest BCUT2D eigenvalue weighted by Crippen LogP contribution is 2.29. The lowest BCUT2D eigenvalue weighted by Crippen LogP contribution is -2.21. The van der Waals surface area contributed by atoms with E-state index in [4.69, 9.17) is 0 Å². The largest absolute Gasteiger partial charge is 0.370 e. The van der Waals surface area contributed by atoms with Crippen LogP contribution in [0.25, 0.3) is 22.0 Å². The van der Waals surface area contributed by atoms with Crippen LogP contribution >= 0.6 is 0 Å². The molecule has 3 heterocycles. The van der Waals surface area contributed by atoms with E-state index in [1.165, 1.54) is 23.9 Å². The average molecular weight is 437 g/mol. The fraction of sp³-hybridized carbons (Fsp3) is 0.316. The Bertz CT molecular complexity index is 1280. The van der Waals surface area contributed by atoms with Gasteiger partial charge in [0.1, 0.15) is 5.82 Å². The van der Waals surface area contributed by atoms with Crippen LogP contribution in [0.3, 0.4) is 0 Å². The standard InChI is InChI=1S/C19H21F2N5O3S/c1-4-6-30(28,29)25-18-17(21)16(13(20)10-24-18)12-7-11-9-23-15(22-5-2)8-14(11)26(3)19(12)27/h7-10H,4-6H2,1-3H3,(H,22,23)(H,24,25). The molecule has 0 saturated carbocycles. The molecular formula is C19H21F2N5O3S. The number of fused-ring (bicyclic) bond motifs is 1. The summed E-state index contributed by atoms with van der Waals surface area (Å²) >= 11 is 0. The van der Waals surface area contributed by atoms with Gasteiger partial charge in [0, 0.05) is 31.2 Å². The van der Waals surface area contributed by atoms with Crippen molar-refractivity contribution in [1.29, 1.82) is 0 Å². The zero-order valence-corrected chi connectivity index (χ0v) is 17.5. The van der Waals surface area contributed by atoms with E-state index in [1.807, 2.05) is 11.6 Å². The van der Waals surface area contributed by atoms with Gasteiger partial charge in [0.2, 0.25) is 10.0 Å². The first kappa shape index (κ1) is 21.6. The molecular weight excluding hydrogens is 416 g/mol. The molecule has 0 aliphatic heterocycles. The number of rotatable bonds is 7. The zero-order valence-electron chi connectivity index (χ0n) is 16.7. The summed E-state index contributed by atoms with van der Waals surface area (Å²) < 4.78 is 56.8. The van der Waals surface area contributed by atoms with E-state index < -0.39 is 38.6 Å². The Kier molecular flexibility index (Phi) is 6.01. The maximum Gasteiger partial charge on any atom is 0.258 e. The van der Waals surface area contributed by atoms with Gasteiger partial charge >= 0.3 is 0 Å². The number of hydrogen-bond acceptors (Lipinski definition) is 6. The van der Waals surface area contributed by atoms with Crippen LogP contribution in [0.15, 0.2) is 29.3 Å². The Morgan fingerprint density at radius 3 is 2.53 bits per heavy atom. The van der Waals surface area contributed by atoms with E-state index in [0.29, 0.717) is 35.9 Å². The molecule has 3 rings (SSSR count). The molecule has 0 radical (unpaired) electrons. The molecule has 0 amide bonds. The van der Waals surface area contributed by atoms with Crippen LogP contribution in [0.2, 0.25) is 0 Å². The molecule has 3 aromatic rings. The summed E-state index contributed by atoms with van der Waals surface area (Å²) in [5, 5.41) is 3.51. The minimum atomic E-state index is -3.86. The summed E-state index contributed by atoms with van der Waals surface area (Å²) in [5.41, 5.74) is -1.05. The van der Waals surface area contributed by atoms with Gasteiger partial charge in [-0.1, -0.05) is 6.92 Å². The maximum absolute atomic E-state index is 15.1. The van der Waals surface area contributed by atoms with Gasteiger partial charge in [-0.05, 0) is 19.4 Å². The highest BCUT2D eigenvalue weighted by atomic mass is 32.2. The number of anilines is 2. The minimum absolute atomic E-state index is 0.252. The molecule has 0 atom stereocenters. The van der Waals surface area contributed by atoms with Crippen LogP contribution < -0.4 is 15.6 Å². The Morgan fingerprint density at radius 2 is 1.87 bits per heavy atom. The summed E-state index contributed by atoms with van der Waals surface area (Å²) in [5.74, 6) is -2.70. The van der Waals surface area contributed by atoms with Crippen LogP contribution in [0.4, 0.5) is 20.4 Å². The van der Waals surface area contributed by atoms with Gasteiger partial charge in [0.25, 0.3) is 5.56 Å². The van der Waals surface area contributed by atoms with Gasteiger partial charge in [0.15, 0.2) is 17.5 Å². The number of nitrogens with one attached hydrogen (secondary N) is 2. The number of halogens is 2. The number of sulfonamides is 1. The third-order valence-electron chi connectivity index (χ3n) is 4.43. The molecule has 3 aromatic heterocycles. The Morgan fingerprint density at radius 1 is 1.13 bits per heavy atom. The maximum atomic E-state index is 15.1. The quantitative estimate of drug-likeness (QED) is 0.589. The second-order valence-corrected chi connectivity index (χ2v) is 8.49. The predicted octanol–water partition coefficient (Wildman–Crippen LogP) is 2.86. The molecule has 0 spiro atoms. The average Bonchev–Trinajstić information content (AvgIpc) is 2.68. The van der Waals surface area contributed by atoms with E-state index in [9.17, 15) is 17.6 Å². The van der Waals surface area contributed by atoms with Crippen molar-refractivity contribution in [2.75, 3.05) is 22.3 Å². The summed E-state index contributed by atoms with van der Waals surface area (Å²) in [4.78, 5) is 20.6. The fourth-order valence-electron chi connectivity index (χ4n) is 3.07. The van der Waals surface area contributed by atoms with Crippen LogP contribution in [-0.4, -0.2) is 35.3 Å². The summed E-state index contributed by atoms with van der Waals surface area (Å²) in [7, 11) is -2.38. The van der Waals surface area contributed by atoms with Crippen molar-refractivity contribution in [3.05, 3.63) is 46.5 Å². The number of aryl methyl sites for hydroxylation is 1.